The van der Waals surface area contributed by atoms with Crippen molar-refractivity contribution in [1.82, 2.24) is 9.97 Å². The third-order valence-corrected chi connectivity index (χ3v) is 4.26. The molecule has 0 radical (unpaired) electrons. The van der Waals surface area contributed by atoms with Gasteiger partial charge in [0.05, 0.1) is 11.2 Å². The van der Waals surface area contributed by atoms with E-state index in [1.54, 1.807) is 20.0 Å². The van der Waals surface area contributed by atoms with Crippen LogP contribution in [-0.4, -0.2) is 47.6 Å². The maximum Gasteiger partial charge on any atom is 0.168 e. The fourth-order valence-electron chi connectivity index (χ4n) is 2.98. The Morgan fingerprint density at radius 3 is 2.41 bits per heavy atom. The number of rotatable bonds is 3. The van der Waals surface area contributed by atoms with Gasteiger partial charge in [-0.2, -0.15) is 0 Å². The van der Waals surface area contributed by atoms with Crippen molar-refractivity contribution in [2.75, 3.05) is 30.4 Å². The summed E-state index contributed by atoms with van der Waals surface area (Å²) in [6, 6.07) is 13.9. The highest BCUT2D eigenvalue weighted by atomic mass is 16.3. The molecule has 0 saturated carbocycles. The van der Waals surface area contributed by atoms with Gasteiger partial charge in [0.1, 0.15) is 5.69 Å². The number of anilines is 2. The SMILES string of the molecule is CC(C)O.CNc1cccc2cccnc12.O=Cc1cc(N2CCCC2)ccn1. The Bertz CT molecular complexity index is 885. The van der Waals surface area contributed by atoms with Crippen LogP contribution in [-0.2, 0) is 0 Å². The number of hydrogen-bond donors (Lipinski definition) is 2. The molecule has 1 aliphatic rings. The number of carbonyl (C=O) groups is 1. The number of aliphatic hydroxyl groups excluding tert-OH is 1. The van der Waals surface area contributed by atoms with Crippen LogP contribution in [0.15, 0.2) is 54.9 Å². The zero-order valence-electron chi connectivity index (χ0n) is 17.4. The number of benzene rings is 1. The molecule has 2 N–H and O–H groups in total. The normalized spacial score (nSPS) is 12.7. The van der Waals surface area contributed by atoms with Gasteiger partial charge in [-0.25, -0.2) is 0 Å². The molecule has 0 unspecified atom stereocenters. The van der Waals surface area contributed by atoms with Gasteiger partial charge >= 0.3 is 0 Å². The van der Waals surface area contributed by atoms with E-state index in [-0.39, 0.29) is 6.10 Å². The number of para-hydroxylation sites is 1. The van der Waals surface area contributed by atoms with Gasteiger partial charge in [-0.15, -0.1) is 0 Å². The van der Waals surface area contributed by atoms with E-state index < -0.39 is 0 Å². The third-order valence-electron chi connectivity index (χ3n) is 4.26. The summed E-state index contributed by atoms with van der Waals surface area (Å²) in [7, 11) is 1.91. The Morgan fingerprint density at radius 1 is 1.07 bits per heavy atom. The van der Waals surface area contributed by atoms with Gasteiger partial charge in [-0.1, -0.05) is 18.2 Å². The number of nitrogens with one attached hydrogen (secondary N) is 1. The molecule has 4 rings (SSSR count). The van der Waals surface area contributed by atoms with Crippen LogP contribution in [0.3, 0.4) is 0 Å². The van der Waals surface area contributed by atoms with Gasteiger partial charge in [0, 0.05) is 49.7 Å². The monoisotopic (exact) mass is 394 g/mol. The number of carbonyl (C=O) groups excluding carboxylic acids is 1. The van der Waals surface area contributed by atoms with E-state index in [9.17, 15) is 4.79 Å². The first kappa shape index (κ1) is 22.3. The van der Waals surface area contributed by atoms with Crippen molar-refractivity contribution >= 4 is 28.6 Å². The van der Waals surface area contributed by atoms with E-state index in [0.717, 1.165) is 36.3 Å². The number of aliphatic hydroxyl groups is 1. The standard InChI is InChI=1S/C10H12N2O.C10H10N2.C3H8O/c13-8-9-7-10(3-4-11-9)12-5-1-2-6-12;1-11-9-6-2-4-8-5-3-7-12-10(8)9;1-3(2)4/h3-4,7-8H,1-2,5-6H2;2-7,11H,1H3;3-4H,1-2H3. The van der Waals surface area contributed by atoms with Crippen molar-refractivity contribution in [2.24, 2.45) is 0 Å². The topological polar surface area (TPSA) is 78.3 Å². The van der Waals surface area contributed by atoms with E-state index in [2.05, 4.69) is 32.3 Å². The van der Waals surface area contributed by atoms with Crippen LogP contribution < -0.4 is 10.2 Å². The van der Waals surface area contributed by atoms with Gasteiger partial charge in [0.15, 0.2) is 6.29 Å². The zero-order valence-corrected chi connectivity index (χ0v) is 17.4. The number of nitrogens with zero attached hydrogens (tertiary/aromatic N) is 3. The zero-order chi connectivity index (χ0) is 21.1. The second-order valence-electron chi connectivity index (χ2n) is 6.98. The fourth-order valence-corrected chi connectivity index (χ4v) is 2.98. The average molecular weight is 395 g/mol. The Labute approximate surface area is 172 Å². The summed E-state index contributed by atoms with van der Waals surface area (Å²) >= 11 is 0. The number of aldehydes is 1. The second-order valence-corrected chi connectivity index (χ2v) is 6.98. The maximum atomic E-state index is 10.5. The molecule has 2 aromatic heterocycles. The lowest BCUT2D eigenvalue weighted by molar-refractivity contribution is 0.111. The van der Waals surface area contributed by atoms with Crippen molar-refractivity contribution in [1.29, 1.82) is 0 Å². The van der Waals surface area contributed by atoms with Crippen LogP contribution in [0.5, 0.6) is 0 Å². The second kappa shape index (κ2) is 11.8. The Morgan fingerprint density at radius 2 is 1.76 bits per heavy atom. The summed E-state index contributed by atoms with van der Waals surface area (Å²) in [6.07, 6.45) is 6.62. The van der Waals surface area contributed by atoms with Gasteiger partial charge in [0.25, 0.3) is 0 Å². The Hall–Kier alpha value is -2.99. The molecule has 1 fully saturated rings. The molecule has 0 spiro atoms. The number of pyridine rings is 2. The summed E-state index contributed by atoms with van der Waals surface area (Å²) in [4.78, 5) is 21.0. The predicted molar refractivity (Wildman–Crippen MR) is 120 cm³/mol. The lowest BCUT2D eigenvalue weighted by atomic mass is 10.2. The van der Waals surface area contributed by atoms with Crippen LogP contribution >= 0.6 is 0 Å². The molecular formula is C23H30N4O2. The van der Waals surface area contributed by atoms with Crippen molar-refractivity contribution in [2.45, 2.75) is 32.8 Å². The van der Waals surface area contributed by atoms with E-state index >= 15 is 0 Å². The number of hydrogen-bond acceptors (Lipinski definition) is 6. The first-order valence-corrected chi connectivity index (χ1v) is 9.91. The lowest BCUT2D eigenvalue weighted by Gasteiger charge is -2.16. The molecule has 3 aromatic rings. The smallest absolute Gasteiger partial charge is 0.168 e. The molecule has 0 bridgehead atoms. The van der Waals surface area contributed by atoms with E-state index in [0.29, 0.717) is 5.69 Å². The molecule has 1 aliphatic heterocycles. The lowest BCUT2D eigenvalue weighted by Crippen LogP contribution is -2.17. The molecule has 6 nitrogen and oxygen atoms in total. The Kier molecular flexibility index (Phi) is 9.05. The van der Waals surface area contributed by atoms with Crippen molar-refractivity contribution in [3.05, 3.63) is 60.6 Å². The summed E-state index contributed by atoms with van der Waals surface area (Å²) in [5.74, 6) is 0. The first-order valence-electron chi connectivity index (χ1n) is 9.91. The van der Waals surface area contributed by atoms with Crippen LogP contribution in [0.4, 0.5) is 11.4 Å². The summed E-state index contributed by atoms with van der Waals surface area (Å²) in [5, 5.41) is 12.3. The highest BCUT2D eigenvalue weighted by molar-refractivity contribution is 5.89. The highest BCUT2D eigenvalue weighted by Gasteiger charge is 2.12. The third kappa shape index (κ3) is 7.16. The van der Waals surface area contributed by atoms with Gasteiger partial charge in [0.2, 0.25) is 0 Å². The molecule has 154 valence electrons. The minimum absolute atomic E-state index is 0.167. The first-order chi connectivity index (χ1) is 14.0. The molecule has 29 heavy (non-hydrogen) atoms. The molecule has 1 aromatic carbocycles. The van der Waals surface area contributed by atoms with E-state index in [1.807, 2.05) is 43.6 Å². The molecular weight excluding hydrogens is 364 g/mol. The predicted octanol–water partition coefficient (Wildman–Crippen LogP) is 4.16. The van der Waals surface area contributed by atoms with Crippen LogP contribution in [0.25, 0.3) is 10.9 Å². The molecule has 1 saturated heterocycles. The minimum Gasteiger partial charge on any atom is -0.394 e. The molecule has 3 heterocycles. The highest BCUT2D eigenvalue weighted by Crippen LogP contribution is 2.20. The minimum atomic E-state index is -0.167. The fraction of sp³-hybridized carbons (Fsp3) is 0.348. The van der Waals surface area contributed by atoms with Gasteiger partial charge < -0.3 is 15.3 Å². The van der Waals surface area contributed by atoms with Crippen molar-refractivity contribution < 1.29 is 9.90 Å². The molecule has 6 heteroatoms. The molecule has 0 atom stereocenters. The average Bonchev–Trinajstić information content (AvgIpc) is 3.28. The van der Waals surface area contributed by atoms with Crippen LogP contribution in [0.2, 0.25) is 0 Å². The summed E-state index contributed by atoms with van der Waals surface area (Å²) in [5.41, 5.74) is 3.75. The molecule has 0 amide bonds. The maximum absolute atomic E-state index is 10.5. The van der Waals surface area contributed by atoms with Gasteiger partial charge in [-0.05, 0) is 51.0 Å². The number of fused-ring (bicyclic) bond motifs is 1. The van der Waals surface area contributed by atoms with Crippen molar-refractivity contribution in [3.63, 3.8) is 0 Å². The van der Waals surface area contributed by atoms with E-state index in [1.165, 1.54) is 18.2 Å². The molecule has 0 aliphatic carbocycles. The Balaban J connectivity index is 0.000000176. The van der Waals surface area contributed by atoms with E-state index in [4.69, 9.17) is 5.11 Å². The van der Waals surface area contributed by atoms with Crippen LogP contribution in [0, 0.1) is 0 Å². The number of aromatic nitrogens is 2. The summed E-state index contributed by atoms with van der Waals surface area (Å²) in [6.45, 7) is 5.64. The van der Waals surface area contributed by atoms with Crippen LogP contribution in [0.1, 0.15) is 37.2 Å². The quantitative estimate of drug-likeness (QED) is 0.650. The van der Waals surface area contributed by atoms with Gasteiger partial charge in [-0.3, -0.25) is 14.8 Å². The largest absolute Gasteiger partial charge is 0.394 e. The summed E-state index contributed by atoms with van der Waals surface area (Å²) < 4.78 is 0. The van der Waals surface area contributed by atoms with Crippen molar-refractivity contribution in [3.8, 4) is 0 Å².